The molecule has 0 radical (unpaired) electrons. The molecule has 0 saturated heterocycles. The molecule has 1 aromatic carbocycles. The van der Waals surface area contributed by atoms with Gasteiger partial charge < -0.3 is 5.32 Å². The number of nitrogens with one attached hydrogen (secondary N) is 1. The number of halogens is 2. The van der Waals surface area contributed by atoms with Gasteiger partial charge in [-0.2, -0.15) is 0 Å². The third-order valence-electron chi connectivity index (χ3n) is 3.20. The molecule has 0 saturated carbocycles. The number of aromatic nitrogens is 1. The monoisotopic (exact) mass is 278 g/mol. The van der Waals surface area contributed by atoms with Crippen LogP contribution in [0, 0.1) is 12.7 Å². The van der Waals surface area contributed by atoms with E-state index in [0.29, 0.717) is 11.4 Å². The zero-order valence-electron chi connectivity index (χ0n) is 11.0. The van der Waals surface area contributed by atoms with Crippen molar-refractivity contribution in [2.45, 2.75) is 19.4 Å². The number of pyridine rings is 1. The van der Waals surface area contributed by atoms with E-state index in [4.69, 9.17) is 11.6 Å². The molecule has 2 aromatic rings. The van der Waals surface area contributed by atoms with Crippen LogP contribution in [0.3, 0.4) is 0 Å². The van der Waals surface area contributed by atoms with E-state index in [1.807, 2.05) is 20.0 Å². The lowest BCUT2D eigenvalue weighted by Crippen LogP contribution is -2.20. The largest absolute Gasteiger partial charge is 0.311 e. The molecule has 1 N–H and O–H groups in total. The molecule has 0 bridgehead atoms. The van der Waals surface area contributed by atoms with Crippen LogP contribution in [-0.2, 0) is 6.42 Å². The molecule has 1 aromatic heterocycles. The summed E-state index contributed by atoms with van der Waals surface area (Å²) in [6, 6.07) is 8.40. The van der Waals surface area contributed by atoms with Crippen LogP contribution in [-0.4, -0.2) is 12.0 Å². The molecule has 0 spiro atoms. The Morgan fingerprint density at radius 3 is 2.84 bits per heavy atom. The Bertz CT molecular complexity index is 572. The van der Waals surface area contributed by atoms with Crippen molar-refractivity contribution in [1.82, 2.24) is 10.3 Å². The molecule has 100 valence electrons. The summed E-state index contributed by atoms with van der Waals surface area (Å²) in [5, 5.41) is 3.81. The smallest absolute Gasteiger partial charge is 0.123 e. The summed E-state index contributed by atoms with van der Waals surface area (Å²) >= 11 is 6.16. The van der Waals surface area contributed by atoms with Crippen molar-refractivity contribution in [3.05, 3.63) is 64.2 Å². The van der Waals surface area contributed by atoms with Crippen LogP contribution in [0.1, 0.15) is 22.9 Å². The summed E-state index contributed by atoms with van der Waals surface area (Å²) < 4.78 is 13.3. The molecule has 19 heavy (non-hydrogen) atoms. The van der Waals surface area contributed by atoms with Gasteiger partial charge in [0.05, 0.1) is 16.8 Å². The fraction of sp³-hybridized carbons (Fsp3) is 0.267. The highest BCUT2D eigenvalue weighted by Crippen LogP contribution is 2.24. The Kier molecular flexibility index (Phi) is 4.51. The van der Waals surface area contributed by atoms with Gasteiger partial charge in [0.15, 0.2) is 0 Å². The highest BCUT2D eigenvalue weighted by Gasteiger charge is 2.16. The summed E-state index contributed by atoms with van der Waals surface area (Å²) in [4.78, 5) is 4.31. The molecule has 1 heterocycles. The van der Waals surface area contributed by atoms with Gasteiger partial charge in [-0.15, -0.1) is 0 Å². The first-order chi connectivity index (χ1) is 9.11. The second-order valence-electron chi connectivity index (χ2n) is 4.49. The van der Waals surface area contributed by atoms with Crippen LogP contribution >= 0.6 is 11.6 Å². The molecule has 1 atom stereocenters. The lowest BCUT2D eigenvalue weighted by molar-refractivity contribution is 0.569. The number of hydrogen-bond acceptors (Lipinski definition) is 2. The maximum absolute atomic E-state index is 13.3. The van der Waals surface area contributed by atoms with Crippen LogP contribution in [0.25, 0.3) is 0 Å². The predicted octanol–water partition coefficient (Wildman–Crippen LogP) is 3.69. The van der Waals surface area contributed by atoms with Crippen LogP contribution in [0.15, 0.2) is 36.5 Å². The Morgan fingerprint density at radius 2 is 2.16 bits per heavy atom. The van der Waals surface area contributed by atoms with Crippen molar-refractivity contribution in [3.63, 3.8) is 0 Å². The number of benzene rings is 1. The SMILES string of the molecule is CNC(Cc1cc(F)ccc1C)c1ncccc1Cl. The Labute approximate surface area is 117 Å². The summed E-state index contributed by atoms with van der Waals surface area (Å²) in [6.07, 6.45) is 2.36. The summed E-state index contributed by atoms with van der Waals surface area (Å²) in [5.74, 6) is -0.220. The normalized spacial score (nSPS) is 12.4. The molecule has 0 aliphatic rings. The molecule has 4 heteroatoms. The van der Waals surface area contributed by atoms with E-state index in [2.05, 4.69) is 10.3 Å². The highest BCUT2D eigenvalue weighted by molar-refractivity contribution is 6.31. The van der Waals surface area contributed by atoms with E-state index in [0.717, 1.165) is 16.8 Å². The number of aryl methyl sites for hydroxylation is 1. The van der Waals surface area contributed by atoms with Crippen LogP contribution in [0.4, 0.5) is 4.39 Å². The molecular weight excluding hydrogens is 263 g/mol. The minimum atomic E-state index is -0.220. The quantitative estimate of drug-likeness (QED) is 0.923. The first kappa shape index (κ1) is 14.0. The zero-order valence-corrected chi connectivity index (χ0v) is 11.7. The summed E-state index contributed by atoms with van der Waals surface area (Å²) in [5.41, 5.74) is 2.81. The summed E-state index contributed by atoms with van der Waals surface area (Å²) in [7, 11) is 1.85. The van der Waals surface area contributed by atoms with Crippen molar-refractivity contribution in [2.24, 2.45) is 0 Å². The van der Waals surface area contributed by atoms with E-state index >= 15 is 0 Å². The molecule has 0 fully saturated rings. The van der Waals surface area contributed by atoms with Gasteiger partial charge in [0.25, 0.3) is 0 Å². The Hall–Kier alpha value is -1.45. The lowest BCUT2D eigenvalue weighted by Gasteiger charge is -2.18. The van der Waals surface area contributed by atoms with Gasteiger partial charge >= 0.3 is 0 Å². The zero-order chi connectivity index (χ0) is 13.8. The maximum atomic E-state index is 13.3. The van der Waals surface area contributed by atoms with E-state index in [-0.39, 0.29) is 11.9 Å². The third-order valence-corrected chi connectivity index (χ3v) is 3.52. The highest BCUT2D eigenvalue weighted by atomic mass is 35.5. The minimum absolute atomic E-state index is 0.0331. The van der Waals surface area contributed by atoms with Gasteiger partial charge in [0.1, 0.15) is 5.82 Å². The van der Waals surface area contributed by atoms with Gasteiger partial charge in [-0.25, -0.2) is 4.39 Å². The van der Waals surface area contributed by atoms with E-state index in [9.17, 15) is 4.39 Å². The molecular formula is C15H16ClFN2. The average molecular weight is 279 g/mol. The van der Waals surface area contributed by atoms with Gasteiger partial charge in [0.2, 0.25) is 0 Å². The second-order valence-corrected chi connectivity index (χ2v) is 4.89. The van der Waals surface area contributed by atoms with E-state index in [1.165, 1.54) is 6.07 Å². The lowest BCUT2D eigenvalue weighted by atomic mass is 9.99. The van der Waals surface area contributed by atoms with E-state index in [1.54, 1.807) is 24.4 Å². The average Bonchev–Trinajstić information content (AvgIpc) is 2.41. The van der Waals surface area contributed by atoms with Crippen molar-refractivity contribution in [1.29, 1.82) is 0 Å². The van der Waals surface area contributed by atoms with Crippen molar-refractivity contribution in [3.8, 4) is 0 Å². The number of rotatable bonds is 4. The minimum Gasteiger partial charge on any atom is -0.311 e. The molecule has 0 amide bonds. The maximum Gasteiger partial charge on any atom is 0.123 e. The first-order valence-corrected chi connectivity index (χ1v) is 6.52. The van der Waals surface area contributed by atoms with Crippen LogP contribution in [0.5, 0.6) is 0 Å². The van der Waals surface area contributed by atoms with Crippen molar-refractivity contribution in [2.75, 3.05) is 7.05 Å². The van der Waals surface area contributed by atoms with Gasteiger partial charge in [-0.3, -0.25) is 4.98 Å². The molecule has 2 rings (SSSR count). The molecule has 0 aliphatic carbocycles. The van der Waals surface area contributed by atoms with Gasteiger partial charge in [-0.05, 0) is 55.8 Å². The fourth-order valence-corrected chi connectivity index (χ4v) is 2.32. The Morgan fingerprint density at radius 1 is 1.37 bits per heavy atom. The standard InChI is InChI=1S/C15H16ClFN2/c1-10-5-6-12(17)8-11(10)9-14(18-2)15-13(16)4-3-7-19-15/h3-8,14,18H,9H2,1-2H3. The predicted molar refractivity (Wildman–Crippen MR) is 75.9 cm³/mol. The van der Waals surface area contributed by atoms with E-state index < -0.39 is 0 Å². The molecule has 1 unspecified atom stereocenters. The van der Waals surface area contributed by atoms with Crippen molar-refractivity contribution < 1.29 is 4.39 Å². The number of nitrogens with zero attached hydrogens (tertiary/aromatic N) is 1. The van der Waals surface area contributed by atoms with Gasteiger partial charge in [-0.1, -0.05) is 17.7 Å². The topological polar surface area (TPSA) is 24.9 Å². The van der Waals surface area contributed by atoms with Crippen LogP contribution < -0.4 is 5.32 Å². The first-order valence-electron chi connectivity index (χ1n) is 6.14. The van der Waals surface area contributed by atoms with Crippen molar-refractivity contribution >= 4 is 11.6 Å². The third kappa shape index (κ3) is 3.31. The Balaban J connectivity index is 2.29. The molecule has 2 nitrogen and oxygen atoms in total. The summed E-state index contributed by atoms with van der Waals surface area (Å²) in [6.45, 7) is 1.97. The molecule has 0 aliphatic heterocycles. The fourth-order valence-electron chi connectivity index (χ4n) is 2.07. The van der Waals surface area contributed by atoms with Crippen LogP contribution in [0.2, 0.25) is 5.02 Å². The number of hydrogen-bond donors (Lipinski definition) is 1. The second kappa shape index (κ2) is 6.13. The number of likely N-dealkylation sites (N-methyl/N-ethyl adjacent to an activating group) is 1. The van der Waals surface area contributed by atoms with Gasteiger partial charge in [0, 0.05) is 6.20 Å².